The van der Waals surface area contributed by atoms with Gasteiger partial charge in [0.2, 0.25) is 0 Å². The summed E-state index contributed by atoms with van der Waals surface area (Å²) in [4.78, 5) is 0. The summed E-state index contributed by atoms with van der Waals surface area (Å²) < 4.78 is 5.67. The van der Waals surface area contributed by atoms with Crippen LogP contribution in [-0.4, -0.2) is 25.8 Å². The van der Waals surface area contributed by atoms with Gasteiger partial charge in [-0.3, -0.25) is 0 Å². The zero-order valence-corrected chi connectivity index (χ0v) is 9.94. The van der Waals surface area contributed by atoms with Gasteiger partial charge in [0.15, 0.2) is 0 Å². The van der Waals surface area contributed by atoms with E-state index in [4.69, 9.17) is 4.74 Å². The Labute approximate surface area is 88.4 Å². The summed E-state index contributed by atoms with van der Waals surface area (Å²) in [5.41, 5.74) is 0.433. The first-order valence-electron chi connectivity index (χ1n) is 6.01. The molecule has 2 atom stereocenters. The molecule has 1 rings (SSSR count). The molecule has 2 nitrogen and oxygen atoms in total. The fourth-order valence-corrected chi connectivity index (χ4v) is 2.38. The van der Waals surface area contributed by atoms with Crippen molar-refractivity contribution in [3.8, 4) is 0 Å². The maximum atomic E-state index is 5.67. The third-order valence-electron chi connectivity index (χ3n) is 3.13. The predicted octanol–water partition coefficient (Wildman–Crippen LogP) is 2.58. The molecule has 1 fully saturated rings. The average Bonchev–Trinajstić information content (AvgIpc) is 2.49. The maximum Gasteiger partial charge on any atom is 0.0520 e. The number of hydrogen-bond acceptors (Lipinski definition) is 2. The van der Waals surface area contributed by atoms with Crippen molar-refractivity contribution >= 4 is 0 Å². The van der Waals surface area contributed by atoms with E-state index in [1.54, 1.807) is 0 Å². The number of ether oxygens (including phenoxy) is 1. The molecule has 2 heteroatoms. The van der Waals surface area contributed by atoms with Crippen LogP contribution in [0.1, 0.15) is 46.5 Å². The van der Waals surface area contributed by atoms with Gasteiger partial charge in [0.05, 0.1) is 6.61 Å². The Bertz CT molecular complexity index is 160. The van der Waals surface area contributed by atoms with Crippen molar-refractivity contribution < 1.29 is 4.74 Å². The predicted molar refractivity (Wildman–Crippen MR) is 60.5 cm³/mol. The summed E-state index contributed by atoms with van der Waals surface area (Å²) in [6.45, 7) is 9.67. The van der Waals surface area contributed by atoms with Crippen LogP contribution < -0.4 is 5.32 Å². The van der Waals surface area contributed by atoms with Crippen LogP contribution in [0.25, 0.3) is 0 Å². The van der Waals surface area contributed by atoms with E-state index in [0.29, 0.717) is 5.41 Å². The molecule has 1 N–H and O–H groups in total. The fourth-order valence-electron chi connectivity index (χ4n) is 2.38. The number of rotatable bonds is 6. The van der Waals surface area contributed by atoms with Crippen LogP contribution in [0.15, 0.2) is 0 Å². The van der Waals surface area contributed by atoms with Crippen LogP contribution in [0.4, 0.5) is 0 Å². The second-order valence-corrected chi connectivity index (χ2v) is 4.86. The Morgan fingerprint density at radius 2 is 2.21 bits per heavy atom. The van der Waals surface area contributed by atoms with Gasteiger partial charge >= 0.3 is 0 Å². The van der Waals surface area contributed by atoms with E-state index >= 15 is 0 Å². The molecule has 0 aromatic carbocycles. The largest absolute Gasteiger partial charge is 0.381 e. The lowest BCUT2D eigenvalue weighted by Crippen LogP contribution is -2.29. The molecular formula is C12H25NO. The highest BCUT2D eigenvalue weighted by Gasteiger charge is 2.34. The third-order valence-corrected chi connectivity index (χ3v) is 3.13. The Morgan fingerprint density at radius 1 is 1.43 bits per heavy atom. The van der Waals surface area contributed by atoms with Gasteiger partial charge < -0.3 is 10.1 Å². The van der Waals surface area contributed by atoms with Crippen molar-refractivity contribution in [2.24, 2.45) is 5.41 Å². The van der Waals surface area contributed by atoms with Gasteiger partial charge in [0.25, 0.3) is 0 Å². The number of hydrogen-bond donors (Lipinski definition) is 1. The smallest absolute Gasteiger partial charge is 0.0520 e. The van der Waals surface area contributed by atoms with E-state index in [1.165, 1.54) is 19.3 Å². The van der Waals surface area contributed by atoms with Crippen LogP contribution in [0.2, 0.25) is 0 Å². The average molecular weight is 199 g/mol. The highest BCUT2D eigenvalue weighted by atomic mass is 16.5. The highest BCUT2D eigenvalue weighted by molar-refractivity contribution is 4.89. The Kier molecular flexibility index (Phi) is 4.90. The Hall–Kier alpha value is -0.0800. The van der Waals surface area contributed by atoms with Crippen molar-refractivity contribution in [3.05, 3.63) is 0 Å². The van der Waals surface area contributed by atoms with E-state index < -0.39 is 0 Å². The molecule has 84 valence electrons. The molecule has 0 radical (unpaired) electrons. The second-order valence-electron chi connectivity index (χ2n) is 4.86. The molecular weight excluding hydrogens is 174 g/mol. The minimum atomic E-state index is 0.433. The first-order valence-corrected chi connectivity index (χ1v) is 6.01. The SMILES string of the molecule is CCCOCC1(C)CCC(NCC)C1. The molecule has 0 spiro atoms. The fraction of sp³-hybridized carbons (Fsp3) is 1.00. The van der Waals surface area contributed by atoms with Gasteiger partial charge in [-0.25, -0.2) is 0 Å². The molecule has 0 saturated heterocycles. The molecule has 0 amide bonds. The van der Waals surface area contributed by atoms with E-state index in [1.807, 2.05) is 0 Å². The summed E-state index contributed by atoms with van der Waals surface area (Å²) in [7, 11) is 0. The number of nitrogens with one attached hydrogen (secondary N) is 1. The highest BCUT2D eigenvalue weighted by Crippen LogP contribution is 2.37. The summed E-state index contributed by atoms with van der Waals surface area (Å²) in [5, 5.41) is 3.53. The van der Waals surface area contributed by atoms with Crippen molar-refractivity contribution in [2.45, 2.75) is 52.5 Å². The quantitative estimate of drug-likeness (QED) is 0.664. The minimum absolute atomic E-state index is 0.433. The zero-order chi connectivity index (χ0) is 10.4. The van der Waals surface area contributed by atoms with Crippen LogP contribution in [0, 0.1) is 5.41 Å². The standard InChI is InChI=1S/C12H25NO/c1-4-8-14-10-12(3)7-6-11(9-12)13-5-2/h11,13H,4-10H2,1-3H3. The Morgan fingerprint density at radius 3 is 2.86 bits per heavy atom. The lowest BCUT2D eigenvalue weighted by atomic mass is 9.90. The summed E-state index contributed by atoms with van der Waals surface area (Å²) in [6, 6.07) is 0.732. The third kappa shape index (κ3) is 3.58. The topological polar surface area (TPSA) is 21.3 Å². The molecule has 14 heavy (non-hydrogen) atoms. The minimum Gasteiger partial charge on any atom is -0.381 e. The second kappa shape index (κ2) is 5.72. The molecule has 0 aliphatic heterocycles. The summed E-state index contributed by atoms with van der Waals surface area (Å²) in [5.74, 6) is 0. The lowest BCUT2D eigenvalue weighted by Gasteiger charge is -2.24. The van der Waals surface area contributed by atoms with E-state index in [9.17, 15) is 0 Å². The molecule has 1 aliphatic carbocycles. The molecule has 2 unspecified atom stereocenters. The van der Waals surface area contributed by atoms with Crippen molar-refractivity contribution in [1.29, 1.82) is 0 Å². The van der Waals surface area contributed by atoms with Crippen LogP contribution in [0.5, 0.6) is 0 Å². The molecule has 0 aromatic heterocycles. The molecule has 0 aromatic rings. The normalized spacial score (nSPS) is 32.4. The van der Waals surface area contributed by atoms with Gasteiger partial charge in [-0.1, -0.05) is 20.8 Å². The van der Waals surface area contributed by atoms with Gasteiger partial charge in [-0.15, -0.1) is 0 Å². The van der Waals surface area contributed by atoms with Gasteiger partial charge in [0.1, 0.15) is 0 Å². The van der Waals surface area contributed by atoms with Crippen molar-refractivity contribution in [3.63, 3.8) is 0 Å². The van der Waals surface area contributed by atoms with Gasteiger partial charge in [-0.05, 0) is 37.6 Å². The molecule has 0 heterocycles. The van der Waals surface area contributed by atoms with E-state index in [0.717, 1.165) is 32.2 Å². The van der Waals surface area contributed by atoms with Gasteiger partial charge in [0, 0.05) is 12.6 Å². The van der Waals surface area contributed by atoms with Crippen LogP contribution >= 0.6 is 0 Å². The van der Waals surface area contributed by atoms with Crippen molar-refractivity contribution in [2.75, 3.05) is 19.8 Å². The first-order chi connectivity index (χ1) is 6.70. The molecule has 1 saturated carbocycles. The molecule has 0 bridgehead atoms. The van der Waals surface area contributed by atoms with Crippen molar-refractivity contribution in [1.82, 2.24) is 5.32 Å². The maximum absolute atomic E-state index is 5.67. The van der Waals surface area contributed by atoms with Crippen LogP contribution in [0.3, 0.4) is 0 Å². The Balaban J connectivity index is 2.22. The first kappa shape index (κ1) is 12.0. The summed E-state index contributed by atoms with van der Waals surface area (Å²) in [6.07, 6.45) is 5.05. The van der Waals surface area contributed by atoms with Crippen LogP contribution in [-0.2, 0) is 4.74 Å². The zero-order valence-electron chi connectivity index (χ0n) is 9.94. The van der Waals surface area contributed by atoms with Gasteiger partial charge in [-0.2, -0.15) is 0 Å². The monoisotopic (exact) mass is 199 g/mol. The van der Waals surface area contributed by atoms with E-state index in [-0.39, 0.29) is 0 Å². The molecule has 1 aliphatic rings. The summed E-state index contributed by atoms with van der Waals surface area (Å²) >= 11 is 0. The van der Waals surface area contributed by atoms with E-state index in [2.05, 4.69) is 26.1 Å². The lowest BCUT2D eigenvalue weighted by molar-refractivity contribution is 0.0555.